The van der Waals surface area contributed by atoms with Gasteiger partial charge in [0.2, 0.25) is 0 Å². The number of aryl methyl sites for hydroxylation is 1. The maximum Gasteiger partial charge on any atom is 0.330 e. The molecule has 1 atom stereocenters. The molecule has 1 aliphatic carbocycles. The third-order valence-corrected chi connectivity index (χ3v) is 6.28. The van der Waals surface area contributed by atoms with E-state index in [1.54, 1.807) is 19.1 Å². The van der Waals surface area contributed by atoms with Crippen LogP contribution in [0.25, 0.3) is 11.0 Å². The van der Waals surface area contributed by atoms with Crippen molar-refractivity contribution in [2.24, 2.45) is 5.92 Å². The Morgan fingerprint density at radius 3 is 2.56 bits per heavy atom. The number of ether oxygens (including phenoxy) is 1. The van der Waals surface area contributed by atoms with E-state index in [-0.39, 0.29) is 28.4 Å². The van der Waals surface area contributed by atoms with Crippen molar-refractivity contribution in [3.63, 3.8) is 0 Å². The quantitative estimate of drug-likeness (QED) is 0.433. The Labute approximate surface area is 208 Å². The second-order valence-electron chi connectivity index (χ2n) is 9.73. The minimum atomic E-state index is -0.887. The Balaban J connectivity index is 1.61. The van der Waals surface area contributed by atoms with Gasteiger partial charge in [0.1, 0.15) is 5.75 Å². The molecule has 2 heterocycles. The van der Waals surface area contributed by atoms with Crippen LogP contribution in [0.15, 0.2) is 33.9 Å². The van der Waals surface area contributed by atoms with E-state index < -0.39 is 29.2 Å². The summed E-state index contributed by atoms with van der Waals surface area (Å²) in [5.41, 5.74) is 6.31. The number of benzene rings is 1. The molecule has 0 radical (unpaired) electrons. The lowest BCUT2D eigenvalue weighted by Gasteiger charge is -2.18. The summed E-state index contributed by atoms with van der Waals surface area (Å²) in [5.74, 6) is -0.387. The Morgan fingerprint density at radius 2 is 1.89 bits per heavy atom. The van der Waals surface area contributed by atoms with E-state index in [1.165, 1.54) is 4.57 Å². The van der Waals surface area contributed by atoms with Gasteiger partial charge in [0.05, 0.1) is 10.9 Å². The van der Waals surface area contributed by atoms with E-state index in [1.807, 2.05) is 39.8 Å². The molecule has 1 saturated carbocycles. The number of carbonyl (C=O) groups excluding carboxylic acids is 2. The second-order valence-corrected chi connectivity index (χ2v) is 9.73. The highest BCUT2D eigenvalue weighted by Gasteiger charge is 2.29. The van der Waals surface area contributed by atoms with Gasteiger partial charge in [-0.1, -0.05) is 26.0 Å². The molecule has 1 aromatic carbocycles. The van der Waals surface area contributed by atoms with E-state index in [2.05, 4.69) is 20.8 Å². The van der Waals surface area contributed by atoms with Crippen LogP contribution in [-0.2, 0) is 11.3 Å². The molecular weight excluding hydrogens is 462 g/mol. The predicted molar refractivity (Wildman–Crippen MR) is 135 cm³/mol. The molecule has 0 bridgehead atoms. The van der Waals surface area contributed by atoms with Gasteiger partial charge >= 0.3 is 5.69 Å². The average Bonchev–Trinajstić information content (AvgIpc) is 3.67. The molecule has 2 amide bonds. The molecule has 1 aliphatic rings. The lowest BCUT2D eigenvalue weighted by Crippen LogP contribution is -2.47. The topological polar surface area (TPSA) is 135 Å². The highest BCUT2D eigenvalue weighted by molar-refractivity contribution is 6.05. The van der Waals surface area contributed by atoms with Crippen LogP contribution >= 0.6 is 0 Å². The van der Waals surface area contributed by atoms with Crippen molar-refractivity contribution in [3.8, 4) is 5.75 Å². The first kappa shape index (κ1) is 25.2. The van der Waals surface area contributed by atoms with Gasteiger partial charge in [-0.3, -0.25) is 34.8 Å². The van der Waals surface area contributed by atoms with Crippen molar-refractivity contribution in [1.29, 1.82) is 0 Å². The van der Waals surface area contributed by atoms with E-state index in [4.69, 9.17) is 4.74 Å². The largest absolute Gasteiger partial charge is 0.481 e. The normalized spacial score (nSPS) is 14.1. The minimum Gasteiger partial charge on any atom is -0.481 e. The van der Waals surface area contributed by atoms with Crippen molar-refractivity contribution >= 4 is 22.8 Å². The number of carbonyl (C=O) groups is 2. The number of nitrogens with zero attached hydrogens (tertiary/aromatic N) is 2. The molecule has 3 aromatic rings. The molecule has 3 N–H and O–H groups in total. The highest BCUT2D eigenvalue weighted by Crippen LogP contribution is 2.39. The third-order valence-electron chi connectivity index (χ3n) is 6.28. The SMILES string of the molecule is Cc1cccc(OC(C)C(=O)NNC(=O)c2cc(C3CC3)nc3c2c(=O)[nH]c(=O)n3CC(C)C)c1C. The molecule has 0 saturated heterocycles. The number of hydrogen-bond acceptors (Lipinski definition) is 6. The van der Waals surface area contributed by atoms with Crippen LogP contribution in [0.5, 0.6) is 5.75 Å². The van der Waals surface area contributed by atoms with Crippen LogP contribution in [0.2, 0.25) is 0 Å². The summed E-state index contributed by atoms with van der Waals surface area (Å²) in [5, 5.41) is 0.00563. The Morgan fingerprint density at radius 1 is 1.17 bits per heavy atom. The number of fused-ring (bicyclic) bond motifs is 1. The molecule has 10 heteroatoms. The van der Waals surface area contributed by atoms with Crippen molar-refractivity contribution in [2.75, 3.05) is 0 Å². The number of H-pyrrole nitrogens is 1. The Kier molecular flexibility index (Phi) is 6.96. The molecule has 36 heavy (non-hydrogen) atoms. The molecular formula is C26H31N5O5. The predicted octanol–water partition coefficient (Wildman–Crippen LogP) is 2.46. The van der Waals surface area contributed by atoms with Crippen LogP contribution in [0, 0.1) is 19.8 Å². The van der Waals surface area contributed by atoms with Crippen LogP contribution in [-0.4, -0.2) is 32.5 Å². The summed E-state index contributed by atoms with van der Waals surface area (Å²) >= 11 is 0. The summed E-state index contributed by atoms with van der Waals surface area (Å²) in [4.78, 5) is 58.0. The van der Waals surface area contributed by atoms with Gasteiger partial charge in [0.25, 0.3) is 17.4 Å². The van der Waals surface area contributed by atoms with Crippen LogP contribution in [0.4, 0.5) is 0 Å². The van der Waals surface area contributed by atoms with Crippen LogP contribution in [0.3, 0.4) is 0 Å². The maximum atomic E-state index is 13.2. The van der Waals surface area contributed by atoms with Gasteiger partial charge in [-0.2, -0.15) is 0 Å². The fourth-order valence-electron chi connectivity index (χ4n) is 3.98. The number of hydrazine groups is 1. The molecule has 2 aromatic heterocycles. The monoisotopic (exact) mass is 493 g/mol. The third kappa shape index (κ3) is 5.17. The number of rotatable bonds is 7. The first-order valence-electron chi connectivity index (χ1n) is 12.1. The van der Waals surface area contributed by atoms with Gasteiger partial charge in [0, 0.05) is 18.2 Å². The molecule has 4 rings (SSSR count). The van der Waals surface area contributed by atoms with Gasteiger partial charge in [-0.05, 0) is 62.8 Å². The lowest BCUT2D eigenvalue weighted by atomic mass is 10.1. The molecule has 1 unspecified atom stereocenters. The Bertz CT molecular complexity index is 1450. The highest BCUT2D eigenvalue weighted by atomic mass is 16.5. The van der Waals surface area contributed by atoms with Gasteiger partial charge in [0.15, 0.2) is 11.8 Å². The zero-order valence-corrected chi connectivity index (χ0v) is 21.1. The first-order valence-corrected chi connectivity index (χ1v) is 12.1. The smallest absolute Gasteiger partial charge is 0.330 e. The van der Waals surface area contributed by atoms with Crippen molar-refractivity contribution in [3.05, 3.63) is 67.5 Å². The van der Waals surface area contributed by atoms with Crippen molar-refractivity contribution < 1.29 is 14.3 Å². The van der Waals surface area contributed by atoms with E-state index in [9.17, 15) is 19.2 Å². The lowest BCUT2D eigenvalue weighted by molar-refractivity contribution is -0.128. The number of amides is 2. The molecule has 10 nitrogen and oxygen atoms in total. The average molecular weight is 494 g/mol. The zero-order chi connectivity index (χ0) is 26.1. The van der Waals surface area contributed by atoms with Crippen LogP contribution in [0.1, 0.15) is 66.7 Å². The summed E-state index contributed by atoms with van der Waals surface area (Å²) in [6.07, 6.45) is 0.948. The fraction of sp³-hybridized carbons (Fsp3) is 0.423. The van der Waals surface area contributed by atoms with E-state index in [0.29, 0.717) is 18.0 Å². The van der Waals surface area contributed by atoms with E-state index >= 15 is 0 Å². The number of aromatic amines is 1. The van der Waals surface area contributed by atoms with Crippen LogP contribution < -0.4 is 26.8 Å². The van der Waals surface area contributed by atoms with Crippen molar-refractivity contribution in [2.45, 2.75) is 66.0 Å². The molecule has 0 aliphatic heterocycles. The number of nitrogens with one attached hydrogen (secondary N) is 3. The Hall–Kier alpha value is -3.95. The molecule has 190 valence electrons. The summed E-state index contributed by atoms with van der Waals surface area (Å²) in [6.45, 7) is 9.64. The first-order chi connectivity index (χ1) is 17.1. The minimum absolute atomic E-state index is 0.00563. The van der Waals surface area contributed by atoms with Gasteiger partial charge in [-0.25, -0.2) is 9.78 Å². The molecule has 0 spiro atoms. The standard InChI is InChI=1S/C26H31N5O5/c1-13(2)12-31-22-21(25(34)28-26(31)35)18(11-19(27-22)17-9-10-17)24(33)30-29-23(32)16(5)36-20-8-6-7-14(3)15(20)4/h6-8,11,13,16-17H,9-10,12H2,1-5H3,(H,29,32)(H,30,33)(H,28,34,35). The van der Waals surface area contributed by atoms with Gasteiger partial charge in [-0.15, -0.1) is 0 Å². The number of aromatic nitrogens is 3. The number of hydrogen-bond donors (Lipinski definition) is 3. The van der Waals surface area contributed by atoms with E-state index in [0.717, 1.165) is 24.0 Å². The summed E-state index contributed by atoms with van der Waals surface area (Å²) in [6, 6.07) is 7.13. The fourth-order valence-corrected chi connectivity index (χ4v) is 3.98. The second kappa shape index (κ2) is 9.96. The van der Waals surface area contributed by atoms with Crippen molar-refractivity contribution in [1.82, 2.24) is 25.4 Å². The zero-order valence-electron chi connectivity index (χ0n) is 21.1. The molecule has 1 fully saturated rings. The maximum absolute atomic E-state index is 13.2. The van der Waals surface area contributed by atoms with Gasteiger partial charge < -0.3 is 4.74 Å². The number of pyridine rings is 1. The summed E-state index contributed by atoms with van der Waals surface area (Å²) < 4.78 is 7.16. The summed E-state index contributed by atoms with van der Waals surface area (Å²) in [7, 11) is 0.